The highest BCUT2D eigenvalue weighted by molar-refractivity contribution is 5.32. The zero-order valence-corrected chi connectivity index (χ0v) is 10.1. The molecule has 6 heteroatoms. The Kier molecular flexibility index (Phi) is 4.68. The lowest BCUT2D eigenvalue weighted by Crippen LogP contribution is -2.24. The molecule has 1 atom stereocenters. The molecule has 1 aliphatic heterocycles. The van der Waals surface area contributed by atoms with Crippen LogP contribution in [0.25, 0.3) is 0 Å². The summed E-state index contributed by atoms with van der Waals surface area (Å²) in [5.41, 5.74) is 0. The molecule has 0 aliphatic carbocycles. The second-order valence-electron chi connectivity index (χ2n) is 4.02. The van der Waals surface area contributed by atoms with Crippen LogP contribution in [0.3, 0.4) is 0 Å². The van der Waals surface area contributed by atoms with Crippen molar-refractivity contribution in [1.29, 1.82) is 0 Å². The third-order valence-corrected chi connectivity index (χ3v) is 2.59. The van der Waals surface area contributed by atoms with Gasteiger partial charge in [-0.05, 0) is 37.1 Å². The molecule has 1 fully saturated rings. The van der Waals surface area contributed by atoms with Crippen molar-refractivity contribution < 1.29 is 27.4 Å². The average molecular weight is 274 g/mol. The van der Waals surface area contributed by atoms with Crippen LogP contribution in [0, 0.1) is 0 Å². The van der Waals surface area contributed by atoms with Crippen LogP contribution in [0.4, 0.5) is 13.2 Å². The molecule has 0 aromatic heterocycles. The van der Waals surface area contributed by atoms with E-state index in [1.54, 1.807) is 0 Å². The van der Waals surface area contributed by atoms with Crippen LogP contribution < -0.4 is 9.47 Å². The Morgan fingerprint density at radius 1 is 1.05 bits per heavy atom. The maximum Gasteiger partial charge on any atom is 0.344 e. The minimum atomic E-state index is -2.49. The van der Waals surface area contributed by atoms with Gasteiger partial charge in [0.15, 0.2) is 6.29 Å². The molecule has 1 saturated heterocycles. The van der Waals surface area contributed by atoms with E-state index in [9.17, 15) is 13.2 Å². The van der Waals surface area contributed by atoms with Gasteiger partial charge < -0.3 is 14.2 Å². The second-order valence-corrected chi connectivity index (χ2v) is 4.02. The zero-order chi connectivity index (χ0) is 13.7. The molecule has 0 N–H and O–H groups in total. The first-order chi connectivity index (χ1) is 9.15. The van der Waals surface area contributed by atoms with Crippen molar-refractivity contribution in [3.63, 3.8) is 0 Å². The first-order valence-electron chi connectivity index (χ1n) is 5.92. The van der Waals surface area contributed by atoms with Crippen LogP contribution in [0.5, 0.6) is 11.5 Å². The zero-order valence-electron chi connectivity index (χ0n) is 10.1. The van der Waals surface area contributed by atoms with Crippen LogP contribution >= 0.6 is 0 Å². The van der Waals surface area contributed by atoms with Crippen LogP contribution in [0.15, 0.2) is 36.4 Å². The number of hydrogen-bond acceptors (Lipinski definition) is 3. The fourth-order valence-corrected chi connectivity index (χ4v) is 1.68. The largest absolute Gasteiger partial charge is 0.465 e. The van der Waals surface area contributed by atoms with Gasteiger partial charge in [0.25, 0.3) is 0 Å². The normalized spacial score (nSPS) is 18.8. The van der Waals surface area contributed by atoms with E-state index in [4.69, 9.17) is 9.47 Å². The van der Waals surface area contributed by atoms with Gasteiger partial charge in [-0.15, -0.1) is 0 Å². The summed E-state index contributed by atoms with van der Waals surface area (Å²) < 4.78 is 51.4. The summed E-state index contributed by atoms with van der Waals surface area (Å²) in [6, 6.07) is 3.82. The predicted octanol–water partition coefficient (Wildman–Crippen LogP) is 4.01. The van der Waals surface area contributed by atoms with Crippen molar-refractivity contribution in [2.75, 3.05) is 6.61 Å². The molecule has 1 aromatic carbocycles. The molecule has 1 aromatic rings. The van der Waals surface area contributed by atoms with E-state index < -0.39 is 12.1 Å². The molecule has 1 unspecified atom stereocenters. The van der Waals surface area contributed by atoms with Crippen molar-refractivity contribution in [3.8, 4) is 11.5 Å². The van der Waals surface area contributed by atoms with Crippen LogP contribution in [0.1, 0.15) is 19.3 Å². The maximum absolute atomic E-state index is 12.5. The average Bonchev–Trinajstić information content (AvgIpc) is 2.42. The molecule has 0 saturated carbocycles. The Bertz CT molecular complexity index is 435. The first-order valence-corrected chi connectivity index (χ1v) is 5.92. The van der Waals surface area contributed by atoms with Crippen molar-refractivity contribution in [3.05, 3.63) is 36.4 Å². The minimum absolute atomic E-state index is 0.0257. The molecular weight excluding hydrogens is 261 g/mol. The Morgan fingerprint density at radius 3 is 2.32 bits per heavy atom. The van der Waals surface area contributed by atoms with E-state index in [1.807, 2.05) is 0 Å². The molecule has 0 radical (unpaired) electrons. The molecule has 104 valence electrons. The highest BCUT2D eigenvalue weighted by atomic mass is 19.3. The highest BCUT2D eigenvalue weighted by Gasteiger charge is 2.15. The second kappa shape index (κ2) is 6.47. The van der Waals surface area contributed by atoms with Crippen LogP contribution in [-0.4, -0.2) is 12.9 Å². The number of ether oxygens (including phenoxy) is 3. The fraction of sp³-hybridized carbons (Fsp3) is 0.385. The van der Waals surface area contributed by atoms with Gasteiger partial charge in [-0.1, -0.05) is 0 Å². The molecule has 0 amide bonds. The molecule has 0 spiro atoms. The van der Waals surface area contributed by atoms with Gasteiger partial charge >= 0.3 is 12.1 Å². The summed E-state index contributed by atoms with van der Waals surface area (Å²) in [5, 5.41) is 0. The first kappa shape index (κ1) is 13.7. The number of hydrogen-bond donors (Lipinski definition) is 0. The summed E-state index contributed by atoms with van der Waals surface area (Å²) in [4.78, 5) is 0. The third-order valence-electron chi connectivity index (χ3n) is 2.59. The molecule has 19 heavy (non-hydrogen) atoms. The van der Waals surface area contributed by atoms with E-state index in [2.05, 4.69) is 4.74 Å². The van der Waals surface area contributed by atoms with Crippen molar-refractivity contribution in [2.45, 2.75) is 25.6 Å². The van der Waals surface area contributed by atoms with E-state index >= 15 is 0 Å². The van der Waals surface area contributed by atoms with Gasteiger partial charge in [0, 0.05) is 6.42 Å². The summed E-state index contributed by atoms with van der Waals surface area (Å²) in [6.07, 6.45) is 0.0873. The summed E-state index contributed by atoms with van der Waals surface area (Å²) in [6.45, 7) is 0.664. The lowest BCUT2D eigenvalue weighted by Gasteiger charge is -2.23. The molecule has 2 rings (SSSR count). The van der Waals surface area contributed by atoms with Gasteiger partial charge in [-0.3, -0.25) is 0 Å². The van der Waals surface area contributed by atoms with Gasteiger partial charge in [0.05, 0.1) is 6.61 Å². The summed E-state index contributed by atoms with van der Waals surface area (Å²) in [7, 11) is 0. The number of benzene rings is 1. The molecule has 1 aliphatic rings. The van der Waals surface area contributed by atoms with Crippen molar-refractivity contribution in [1.82, 2.24) is 0 Å². The SMILES string of the molecule is FC(F)=C(F)Oc1ccc(OC2CCCCO2)cc1. The van der Waals surface area contributed by atoms with E-state index in [-0.39, 0.29) is 12.0 Å². The third kappa shape index (κ3) is 4.17. The standard InChI is InChI=1S/C13H13F3O3/c14-12(15)13(16)19-10-6-4-9(5-7-10)18-11-3-1-2-8-17-11/h4-7,11H,1-3,8H2. The number of rotatable bonds is 4. The number of halogens is 3. The Balaban J connectivity index is 1.92. The quantitative estimate of drug-likeness (QED) is 0.776. The summed E-state index contributed by atoms with van der Waals surface area (Å²) >= 11 is 0. The molecule has 1 heterocycles. The van der Waals surface area contributed by atoms with Gasteiger partial charge in [0.2, 0.25) is 0 Å². The molecule has 0 bridgehead atoms. The molecule has 3 nitrogen and oxygen atoms in total. The predicted molar refractivity (Wildman–Crippen MR) is 61.6 cm³/mol. The van der Waals surface area contributed by atoms with Gasteiger partial charge in [-0.25, -0.2) is 0 Å². The van der Waals surface area contributed by atoms with Crippen LogP contribution in [0.2, 0.25) is 0 Å². The van der Waals surface area contributed by atoms with Crippen LogP contribution in [-0.2, 0) is 4.74 Å². The minimum Gasteiger partial charge on any atom is -0.465 e. The van der Waals surface area contributed by atoms with E-state index in [1.165, 1.54) is 24.3 Å². The lowest BCUT2D eigenvalue weighted by molar-refractivity contribution is -0.105. The van der Waals surface area contributed by atoms with Gasteiger partial charge in [0.1, 0.15) is 11.5 Å². The van der Waals surface area contributed by atoms with Gasteiger partial charge in [-0.2, -0.15) is 13.2 Å². The fourth-order valence-electron chi connectivity index (χ4n) is 1.68. The Hall–Kier alpha value is -1.69. The monoisotopic (exact) mass is 274 g/mol. The maximum atomic E-state index is 12.5. The highest BCUT2D eigenvalue weighted by Crippen LogP contribution is 2.24. The topological polar surface area (TPSA) is 27.7 Å². The van der Waals surface area contributed by atoms with E-state index in [0.29, 0.717) is 12.4 Å². The summed E-state index contributed by atoms with van der Waals surface area (Å²) in [5.74, 6) is 0.492. The Labute approximate surface area is 108 Å². The molecular formula is C13H13F3O3. The van der Waals surface area contributed by atoms with Crippen molar-refractivity contribution in [2.24, 2.45) is 0 Å². The smallest absolute Gasteiger partial charge is 0.344 e. The van der Waals surface area contributed by atoms with Crippen molar-refractivity contribution >= 4 is 0 Å². The van der Waals surface area contributed by atoms with E-state index in [0.717, 1.165) is 19.3 Å². The lowest BCUT2D eigenvalue weighted by atomic mass is 10.2. The Morgan fingerprint density at radius 2 is 1.74 bits per heavy atom.